The Morgan fingerprint density at radius 1 is 1.00 bits per heavy atom. The molecule has 2 aromatic rings. The Kier molecular flexibility index (Phi) is 13.7. The lowest BCUT2D eigenvalue weighted by Gasteiger charge is -2.18. The standard InChI is InChI=1S/C34H44Cl2N2O2/c1-9-23(5)25(7)27(20-30(26(8)39)33-31(35)12-11-13-32(33)36)21-37-34(24(6)10-2)38-28-14-16-29(17-15-28)40-19-18-22(3)4/h11-17,20-24H,7,9-10,18-19H2,1-6,8H3,(H,37,38)/b27-21-,30-20+. The Hall–Kier alpha value is -2.82. The molecule has 216 valence electrons. The first-order valence-electron chi connectivity index (χ1n) is 14.1. The van der Waals surface area contributed by atoms with Crippen LogP contribution in [-0.2, 0) is 4.79 Å². The van der Waals surface area contributed by atoms with E-state index in [1.807, 2.05) is 30.3 Å². The number of rotatable bonds is 14. The Morgan fingerprint density at radius 2 is 1.60 bits per heavy atom. The van der Waals surface area contributed by atoms with Gasteiger partial charge in [0.05, 0.1) is 16.7 Å². The van der Waals surface area contributed by atoms with Crippen molar-refractivity contribution >= 4 is 46.1 Å². The van der Waals surface area contributed by atoms with E-state index in [4.69, 9.17) is 32.9 Å². The molecule has 2 atom stereocenters. The molecular formula is C34H44Cl2N2O2. The van der Waals surface area contributed by atoms with Crippen LogP contribution in [-0.4, -0.2) is 18.2 Å². The summed E-state index contributed by atoms with van der Waals surface area (Å²) in [6.07, 6.45) is 6.43. The van der Waals surface area contributed by atoms with E-state index in [9.17, 15) is 4.79 Å². The third kappa shape index (κ3) is 9.98. The molecule has 0 fully saturated rings. The molecule has 0 spiro atoms. The summed E-state index contributed by atoms with van der Waals surface area (Å²) in [6.45, 7) is 19.4. The van der Waals surface area contributed by atoms with Crippen molar-refractivity contribution in [2.75, 3.05) is 11.9 Å². The summed E-state index contributed by atoms with van der Waals surface area (Å²) >= 11 is 13.0. The van der Waals surface area contributed by atoms with Crippen LogP contribution < -0.4 is 10.1 Å². The van der Waals surface area contributed by atoms with Crippen LogP contribution in [0.5, 0.6) is 5.75 Å². The largest absolute Gasteiger partial charge is 0.494 e. The number of hydrogen-bond donors (Lipinski definition) is 1. The minimum Gasteiger partial charge on any atom is -0.494 e. The number of ether oxygens (including phenoxy) is 1. The second-order valence-corrected chi connectivity index (χ2v) is 11.4. The van der Waals surface area contributed by atoms with Crippen molar-refractivity contribution < 1.29 is 9.53 Å². The number of amidine groups is 1. The fourth-order valence-corrected chi connectivity index (χ4v) is 4.42. The monoisotopic (exact) mass is 582 g/mol. The second-order valence-electron chi connectivity index (χ2n) is 10.6. The number of carbonyl (C=O) groups is 1. The number of allylic oxidation sites excluding steroid dienone is 4. The van der Waals surface area contributed by atoms with Gasteiger partial charge in [0, 0.05) is 28.9 Å². The van der Waals surface area contributed by atoms with Crippen LogP contribution in [0, 0.1) is 17.8 Å². The SMILES string of the molecule is C=C(C(=C\N=C(Nc1ccc(OCCC(C)C)cc1)C(C)CC)/C=C(\C(C)=O)c1c(Cl)cccc1Cl)C(C)CC. The van der Waals surface area contributed by atoms with Crippen LogP contribution in [0.2, 0.25) is 10.0 Å². The molecule has 0 saturated heterocycles. The number of nitrogens with one attached hydrogen (secondary N) is 1. The highest BCUT2D eigenvalue weighted by molar-refractivity contribution is 6.40. The van der Waals surface area contributed by atoms with Crippen molar-refractivity contribution in [3.63, 3.8) is 0 Å². The maximum atomic E-state index is 12.8. The van der Waals surface area contributed by atoms with Crippen LogP contribution in [0.15, 0.2) is 77.5 Å². The van der Waals surface area contributed by atoms with Gasteiger partial charge >= 0.3 is 0 Å². The van der Waals surface area contributed by atoms with Gasteiger partial charge in [0.25, 0.3) is 0 Å². The number of halogens is 2. The summed E-state index contributed by atoms with van der Waals surface area (Å²) < 4.78 is 5.86. The van der Waals surface area contributed by atoms with E-state index in [1.165, 1.54) is 6.92 Å². The Labute approximate surface area is 251 Å². The summed E-state index contributed by atoms with van der Waals surface area (Å²) in [4.78, 5) is 17.7. The predicted molar refractivity (Wildman–Crippen MR) is 174 cm³/mol. The Morgan fingerprint density at radius 3 is 2.12 bits per heavy atom. The molecule has 1 N–H and O–H groups in total. The average Bonchev–Trinajstić information content (AvgIpc) is 2.92. The summed E-state index contributed by atoms with van der Waals surface area (Å²) in [7, 11) is 0. The summed E-state index contributed by atoms with van der Waals surface area (Å²) in [6, 6.07) is 13.2. The molecule has 0 aliphatic rings. The molecule has 0 bridgehead atoms. The van der Waals surface area contributed by atoms with Crippen LogP contribution in [0.3, 0.4) is 0 Å². The van der Waals surface area contributed by atoms with Gasteiger partial charge in [0.15, 0.2) is 5.78 Å². The Bertz CT molecular complexity index is 1220. The molecule has 0 heterocycles. The molecule has 2 unspecified atom stereocenters. The van der Waals surface area contributed by atoms with Crippen LogP contribution in [0.4, 0.5) is 5.69 Å². The average molecular weight is 584 g/mol. The van der Waals surface area contributed by atoms with Gasteiger partial charge in [0.1, 0.15) is 11.6 Å². The van der Waals surface area contributed by atoms with Crippen LogP contribution in [0.1, 0.15) is 73.3 Å². The van der Waals surface area contributed by atoms with Crippen molar-refractivity contribution in [2.24, 2.45) is 22.7 Å². The maximum absolute atomic E-state index is 12.8. The van der Waals surface area contributed by atoms with Gasteiger partial charge in [-0.3, -0.25) is 4.79 Å². The third-order valence-corrected chi connectivity index (χ3v) is 7.63. The summed E-state index contributed by atoms with van der Waals surface area (Å²) in [5.74, 6) is 2.49. The fourth-order valence-electron chi connectivity index (χ4n) is 3.81. The molecule has 2 rings (SSSR count). The van der Waals surface area contributed by atoms with E-state index in [-0.39, 0.29) is 17.6 Å². The number of benzene rings is 2. The number of hydrogen-bond acceptors (Lipinski definition) is 3. The molecule has 0 radical (unpaired) electrons. The van der Waals surface area contributed by atoms with Crippen molar-refractivity contribution in [2.45, 2.75) is 67.7 Å². The van der Waals surface area contributed by atoms with E-state index in [0.29, 0.717) is 33.7 Å². The topological polar surface area (TPSA) is 50.7 Å². The van der Waals surface area contributed by atoms with Crippen LogP contribution >= 0.6 is 23.2 Å². The van der Waals surface area contributed by atoms with Gasteiger partial charge in [-0.2, -0.15) is 0 Å². The first kappa shape index (κ1) is 33.4. The molecule has 0 aliphatic heterocycles. The normalized spacial score (nSPS) is 14.2. The fraction of sp³-hybridized carbons (Fsp3) is 0.412. The molecule has 6 heteroatoms. The zero-order valence-corrected chi connectivity index (χ0v) is 26.5. The number of anilines is 1. The second kappa shape index (κ2) is 16.4. The molecule has 0 amide bonds. The van der Waals surface area contributed by atoms with Crippen LogP contribution in [0.25, 0.3) is 5.57 Å². The number of nitrogens with zero attached hydrogens (tertiary/aromatic N) is 1. The highest BCUT2D eigenvalue weighted by atomic mass is 35.5. The van der Waals surface area contributed by atoms with Crippen molar-refractivity contribution in [3.05, 3.63) is 88.1 Å². The molecular weight excluding hydrogens is 539 g/mol. The predicted octanol–water partition coefficient (Wildman–Crippen LogP) is 10.4. The molecule has 0 aromatic heterocycles. The number of carbonyl (C=O) groups excluding carboxylic acids is 1. The summed E-state index contributed by atoms with van der Waals surface area (Å²) in [5.41, 5.74) is 3.51. The minimum absolute atomic E-state index is 0.141. The van der Waals surface area contributed by atoms with E-state index in [0.717, 1.165) is 47.7 Å². The third-order valence-electron chi connectivity index (χ3n) is 7.00. The van der Waals surface area contributed by atoms with Gasteiger partial charge in [-0.15, -0.1) is 0 Å². The van der Waals surface area contributed by atoms with E-state index in [1.54, 1.807) is 24.4 Å². The van der Waals surface area contributed by atoms with Crippen molar-refractivity contribution in [1.29, 1.82) is 0 Å². The quantitative estimate of drug-likeness (QED) is 0.104. The first-order chi connectivity index (χ1) is 19.0. The number of Topliss-reactive ketones (excluding diaryl/α,β-unsaturated/α-hetero) is 1. The van der Waals surface area contributed by atoms with Gasteiger partial charge < -0.3 is 10.1 Å². The molecule has 0 aliphatic carbocycles. The van der Waals surface area contributed by atoms with E-state index in [2.05, 4.69) is 53.4 Å². The lowest BCUT2D eigenvalue weighted by molar-refractivity contribution is -0.111. The minimum atomic E-state index is -0.141. The zero-order chi connectivity index (χ0) is 29.8. The van der Waals surface area contributed by atoms with Crippen molar-refractivity contribution in [1.82, 2.24) is 0 Å². The highest BCUT2D eigenvalue weighted by Gasteiger charge is 2.18. The molecule has 2 aromatic carbocycles. The first-order valence-corrected chi connectivity index (χ1v) is 14.9. The lowest BCUT2D eigenvalue weighted by atomic mass is 9.90. The lowest BCUT2D eigenvalue weighted by Crippen LogP contribution is -2.20. The van der Waals surface area contributed by atoms with Gasteiger partial charge in [-0.25, -0.2) is 4.99 Å². The smallest absolute Gasteiger partial charge is 0.160 e. The van der Waals surface area contributed by atoms with E-state index >= 15 is 0 Å². The molecule has 0 saturated carbocycles. The van der Waals surface area contributed by atoms with Crippen molar-refractivity contribution in [3.8, 4) is 5.75 Å². The highest BCUT2D eigenvalue weighted by Crippen LogP contribution is 2.34. The van der Waals surface area contributed by atoms with Gasteiger partial charge in [-0.1, -0.05) is 77.4 Å². The summed E-state index contributed by atoms with van der Waals surface area (Å²) in [5, 5.41) is 4.33. The van der Waals surface area contributed by atoms with Gasteiger partial charge in [0.2, 0.25) is 0 Å². The maximum Gasteiger partial charge on any atom is 0.160 e. The number of aliphatic imine (C=N–C) groups is 1. The Balaban J connectivity index is 2.51. The number of ketones is 1. The van der Waals surface area contributed by atoms with Gasteiger partial charge in [-0.05, 0) is 91.6 Å². The molecule has 4 nitrogen and oxygen atoms in total. The zero-order valence-electron chi connectivity index (χ0n) is 25.0. The van der Waals surface area contributed by atoms with E-state index < -0.39 is 0 Å². The molecule has 40 heavy (non-hydrogen) atoms.